The summed E-state index contributed by atoms with van der Waals surface area (Å²) < 4.78 is 5.83. The summed E-state index contributed by atoms with van der Waals surface area (Å²) in [7, 11) is 4.06. The molecule has 3 atom stereocenters. The largest absolute Gasteiger partial charge is 0.492 e. The van der Waals surface area contributed by atoms with Crippen LogP contribution in [0.25, 0.3) is 0 Å². The van der Waals surface area contributed by atoms with Crippen molar-refractivity contribution in [2.24, 2.45) is 5.92 Å². The van der Waals surface area contributed by atoms with Crippen molar-refractivity contribution in [2.45, 2.75) is 69.6 Å². The van der Waals surface area contributed by atoms with Crippen LogP contribution < -0.4 is 15.4 Å². The predicted molar refractivity (Wildman–Crippen MR) is 124 cm³/mol. The van der Waals surface area contributed by atoms with Gasteiger partial charge in [-0.3, -0.25) is 9.59 Å². The molecule has 3 fully saturated rings. The van der Waals surface area contributed by atoms with Gasteiger partial charge >= 0.3 is 0 Å². The summed E-state index contributed by atoms with van der Waals surface area (Å²) in [6, 6.07) is 7.58. The highest BCUT2D eigenvalue weighted by Crippen LogP contribution is 2.30. The van der Waals surface area contributed by atoms with E-state index in [9.17, 15) is 9.59 Å². The Hall–Kier alpha value is -2.12. The third kappa shape index (κ3) is 5.81. The minimum absolute atomic E-state index is 0.0194. The van der Waals surface area contributed by atoms with Gasteiger partial charge in [0.05, 0.1) is 0 Å². The predicted octanol–water partition coefficient (Wildman–Crippen LogP) is 2.15. The van der Waals surface area contributed by atoms with E-state index in [2.05, 4.69) is 27.7 Å². The fraction of sp³-hybridized carbons (Fsp3) is 0.680. The van der Waals surface area contributed by atoms with Crippen molar-refractivity contribution in [3.63, 3.8) is 0 Å². The molecule has 7 nitrogen and oxygen atoms in total. The number of likely N-dealkylation sites (N-methyl/N-ethyl adjacent to an activating group) is 1. The molecule has 1 aromatic carbocycles. The van der Waals surface area contributed by atoms with Gasteiger partial charge in [-0.2, -0.15) is 0 Å². The first kappa shape index (κ1) is 23.1. The fourth-order valence-corrected chi connectivity index (χ4v) is 5.28. The van der Waals surface area contributed by atoms with Gasteiger partial charge in [0.15, 0.2) is 0 Å². The van der Waals surface area contributed by atoms with Gasteiger partial charge in [0, 0.05) is 25.7 Å². The zero-order valence-corrected chi connectivity index (χ0v) is 19.5. The first-order chi connectivity index (χ1) is 15.5. The molecule has 0 radical (unpaired) electrons. The zero-order chi connectivity index (χ0) is 22.5. The van der Waals surface area contributed by atoms with E-state index in [0.717, 1.165) is 24.3 Å². The van der Waals surface area contributed by atoms with Crippen LogP contribution in [-0.2, 0) is 16.1 Å². The monoisotopic (exact) mass is 442 g/mol. The molecule has 7 heteroatoms. The number of ether oxygens (including phenoxy) is 1. The topological polar surface area (TPSA) is 73.9 Å². The van der Waals surface area contributed by atoms with Gasteiger partial charge in [0.25, 0.3) is 0 Å². The minimum atomic E-state index is -0.336. The Bertz CT molecular complexity index is 793. The van der Waals surface area contributed by atoms with Gasteiger partial charge in [-0.25, -0.2) is 0 Å². The summed E-state index contributed by atoms with van der Waals surface area (Å²) in [6.45, 7) is 2.83. The smallest absolute Gasteiger partial charge is 0.245 e. The highest BCUT2D eigenvalue weighted by atomic mass is 16.5. The zero-order valence-electron chi connectivity index (χ0n) is 19.5. The third-order valence-electron chi connectivity index (χ3n) is 7.10. The summed E-state index contributed by atoms with van der Waals surface area (Å²) in [4.78, 5) is 29.8. The second kappa shape index (κ2) is 10.7. The number of rotatable bonds is 9. The van der Waals surface area contributed by atoms with Crippen LogP contribution in [0, 0.1) is 5.92 Å². The first-order valence-electron chi connectivity index (χ1n) is 12.2. The van der Waals surface area contributed by atoms with E-state index in [1.54, 1.807) is 0 Å². The van der Waals surface area contributed by atoms with E-state index in [0.29, 0.717) is 32.0 Å². The van der Waals surface area contributed by atoms with Crippen molar-refractivity contribution in [1.82, 2.24) is 20.4 Å². The number of piperazine rings is 1. The molecule has 1 aromatic rings. The standard InChI is InChI=1S/C25H38N4O3/c1-28(2)11-12-32-21-10-6-9-19(13-21)16-26-20-15-23-24(30)27-22(25(31)29(23)17-20)14-18-7-4-3-5-8-18/h6,9-10,13,18,20,22-23,26H,3-5,7-8,11-12,14-17H2,1-2H3,(H,27,30)/t20-,22-,23-/m0/s1. The number of hydrogen-bond acceptors (Lipinski definition) is 5. The molecule has 2 N–H and O–H groups in total. The molecule has 3 aliphatic rings. The van der Waals surface area contributed by atoms with E-state index in [-0.39, 0.29) is 29.9 Å². The van der Waals surface area contributed by atoms with Crippen molar-refractivity contribution >= 4 is 11.8 Å². The molecular formula is C25H38N4O3. The highest BCUT2D eigenvalue weighted by molar-refractivity contribution is 5.97. The Kier molecular flexibility index (Phi) is 7.68. The maximum atomic E-state index is 13.1. The van der Waals surface area contributed by atoms with E-state index >= 15 is 0 Å². The Morgan fingerprint density at radius 1 is 1.19 bits per heavy atom. The lowest BCUT2D eigenvalue weighted by molar-refractivity contribution is -0.147. The van der Waals surface area contributed by atoms with Gasteiger partial charge in [0.2, 0.25) is 11.8 Å². The summed E-state index contributed by atoms with van der Waals surface area (Å²) in [5.74, 6) is 1.57. The minimum Gasteiger partial charge on any atom is -0.492 e. The van der Waals surface area contributed by atoms with Crippen LogP contribution in [0.4, 0.5) is 0 Å². The molecule has 0 aromatic heterocycles. The average molecular weight is 443 g/mol. The second-order valence-corrected chi connectivity index (χ2v) is 9.92. The van der Waals surface area contributed by atoms with Crippen LogP contribution >= 0.6 is 0 Å². The Balaban J connectivity index is 1.28. The van der Waals surface area contributed by atoms with Crippen LogP contribution in [0.1, 0.15) is 50.5 Å². The maximum Gasteiger partial charge on any atom is 0.245 e. The van der Waals surface area contributed by atoms with Crippen molar-refractivity contribution < 1.29 is 14.3 Å². The van der Waals surface area contributed by atoms with Crippen molar-refractivity contribution in [3.05, 3.63) is 29.8 Å². The maximum absolute atomic E-state index is 13.1. The van der Waals surface area contributed by atoms with Gasteiger partial charge < -0.3 is 25.2 Å². The average Bonchev–Trinajstić information content (AvgIpc) is 3.22. The summed E-state index contributed by atoms with van der Waals surface area (Å²) in [5.41, 5.74) is 1.14. The highest BCUT2D eigenvalue weighted by Gasteiger charge is 2.46. The molecule has 0 bridgehead atoms. The molecule has 2 saturated heterocycles. The molecule has 2 heterocycles. The summed E-state index contributed by atoms with van der Waals surface area (Å²) in [6.07, 6.45) is 7.64. The van der Waals surface area contributed by atoms with Crippen LogP contribution in [0.5, 0.6) is 5.75 Å². The number of nitrogens with one attached hydrogen (secondary N) is 2. The van der Waals surface area contributed by atoms with Gasteiger partial charge in [-0.1, -0.05) is 44.2 Å². The molecule has 176 valence electrons. The van der Waals surface area contributed by atoms with Crippen molar-refractivity contribution in [2.75, 3.05) is 33.8 Å². The number of hydrogen-bond donors (Lipinski definition) is 2. The molecule has 1 aliphatic carbocycles. The number of carbonyl (C=O) groups excluding carboxylic acids is 2. The normalized spacial score (nSPS) is 26.3. The van der Waals surface area contributed by atoms with Gasteiger partial charge in [-0.15, -0.1) is 0 Å². The van der Waals surface area contributed by atoms with Gasteiger partial charge in [0.1, 0.15) is 24.4 Å². The second-order valence-electron chi connectivity index (χ2n) is 9.92. The summed E-state index contributed by atoms with van der Waals surface area (Å²) in [5, 5.41) is 6.59. The SMILES string of the molecule is CN(C)CCOc1cccc(CN[C@H]2C[C@H]3C(=O)N[C@@H](CC4CCCCC4)C(=O)N3C2)c1. The number of carbonyl (C=O) groups is 2. The van der Waals surface area contributed by atoms with Crippen molar-refractivity contribution in [1.29, 1.82) is 0 Å². The quantitative estimate of drug-likeness (QED) is 0.613. The molecule has 2 amide bonds. The van der Waals surface area contributed by atoms with E-state index < -0.39 is 0 Å². The number of nitrogens with zero attached hydrogens (tertiary/aromatic N) is 2. The van der Waals surface area contributed by atoms with Crippen LogP contribution in [-0.4, -0.2) is 73.5 Å². The lowest BCUT2D eigenvalue weighted by Gasteiger charge is -2.36. The van der Waals surface area contributed by atoms with Gasteiger partial charge in [-0.05, 0) is 50.6 Å². The number of amides is 2. The lowest BCUT2D eigenvalue weighted by atomic mass is 9.84. The first-order valence-corrected chi connectivity index (χ1v) is 12.2. The number of benzene rings is 1. The lowest BCUT2D eigenvalue weighted by Crippen LogP contribution is -2.61. The molecule has 4 rings (SSSR count). The molecule has 32 heavy (non-hydrogen) atoms. The van der Waals surface area contributed by atoms with E-state index in [1.165, 1.54) is 32.1 Å². The fourth-order valence-electron chi connectivity index (χ4n) is 5.28. The molecular weight excluding hydrogens is 404 g/mol. The van der Waals surface area contributed by atoms with Crippen LogP contribution in [0.3, 0.4) is 0 Å². The summed E-state index contributed by atoms with van der Waals surface area (Å²) >= 11 is 0. The molecule has 1 saturated carbocycles. The number of fused-ring (bicyclic) bond motifs is 1. The Morgan fingerprint density at radius 3 is 2.78 bits per heavy atom. The van der Waals surface area contributed by atoms with E-state index in [1.807, 2.05) is 31.1 Å². The molecule has 0 spiro atoms. The Morgan fingerprint density at radius 2 is 2.00 bits per heavy atom. The molecule has 2 aliphatic heterocycles. The van der Waals surface area contributed by atoms with Crippen molar-refractivity contribution in [3.8, 4) is 5.75 Å². The van der Waals surface area contributed by atoms with E-state index in [4.69, 9.17) is 4.74 Å². The Labute approximate surface area is 191 Å². The third-order valence-corrected chi connectivity index (χ3v) is 7.10. The van der Waals surface area contributed by atoms with Crippen LogP contribution in [0.2, 0.25) is 0 Å². The van der Waals surface area contributed by atoms with Crippen LogP contribution in [0.15, 0.2) is 24.3 Å². The molecule has 0 unspecified atom stereocenters.